The van der Waals surface area contributed by atoms with Crippen LogP contribution in [-0.2, 0) is 10.2 Å². The van der Waals surface area contributed by atoms with Gasteiger partial charge in [-0.15, -0.1) is 0 Å². The Bertz CT molecular complexity index is 968. The van der Waals surface area contributed by atoms with Gasteiger partial charge in [0, 0.05) is 26.2 Å². The number of halogens is 4. The standard InChI is InChI=1S/C15H12Cl3FN2O4S/c1-21(2)26(23,24)20-15(22)9-6-12(18)14(7-13(9)19)25-8-3-4-10(16)11(17)5-8/h3-7H,1-2H3,(H,20,22). The molecule has 0 fully saturated rings. The molecule has 26 heavy (non-hydrogen) atoms. The molecule has 0 saturated carbocycles. The number of carbonyl (C=O) groups is 1. The Morgan fingerprint density at radius 1 is 1.08 bits per heavy atom. The zero-order valence-corrected chi connectivity index (χ0v) is 16.5. The van der Waals surface area contributed by atoms with Gasteiger partial charge < -0.3 is 4.74 Å². The number of rotatable bonds is 5. The number of carbonyl (C=O) groups excluding carboxylic acids is 1. The highest BCUT2D eigenvalue weighted by atomic mass is 35.5. The van der Waals surface area contributed by atoms with Crippen molar-refractivity contribution in [1.29, 1.82) is 0 Å². The first-order valence-corrected chi connectivity index (χ1v) is 9.45. The highest BCUT2D eigenvalue weighted by Gasteiger charge is 2.22. The minimum atomic E-state index is -4.08. The first kappa shape index (κ1) is 20.7. The zero-order chi connectivity index (χ0) is 19.6. The second-order valence-corrected chi connectivity index (χ2v) is 8.27. The van der Waals surface area contributed by atoms with Crippen molar-refractivity contribution in [3.63, 3.8) is 0 Å². The van der Waals surface area contributed by atoms with Crippen molar-refractivity contribution >= 4 is 50.9 Å². The van der Waals surface area contributed by atoms with Gasteiger partial charge >= 0.3 is 10.2 Å². The van der Waals surface area contributed by atoms with Crippen LogP contribution >= 0.6 is 34.8 Å². The van der Waals surface area contributed by atoms with Gasteiger partial charge in [-0.05, 0) is 18.2 Å². The van der Waals surface area contributed by atoms with Crippen LogP contribution in [0.3, 0.4) is 0 Å². The zero-order valence-electron chi connectivity index (χ0n) is 13.4. The second-order valence-electron chi connectivity index (χ2n) is 5.16. The summed E-state index contributed by atoms with van der Waals surface area (Å²) in [5.74, 6) is -2.03. The lowest BCUT2D eigenvalue weighted by atomic mass is 10.2. The van der Waals surface area contributed by atoms with E-state index in [1.807, 2.05) is 0 Å². The summed E-state index contributed by atoms with van der Waals surface area (Å²) in [4.78, 5) is 12.0. The molecule has 0 atom stereocenters. The Labute approximate surface area is 164 Å². The van der Waals surface area contributed by atoms with Crippen LogP contribution < -0.4 is 9.46 Å². The van der Waals surface area contributed by atoms with E-state index in [4.69, 9.17) is 39.5 Å². The van der Waals surface area contributed by atoms with Crippen LogP contribution in [0, 0.1) is 5.82 Å². The monoisotopic (exact) mass is 440 g/mol. The van der Waals surface area contributed by atoms with Crippen molar-refractivity contribution in [2.75, 3.05) is 14.1 Å². The molecule has 11 heteroatoms. The molecule has 2 aromatic rings. The smallest absolute Gasteiger partial charge is 0.303 e. The van der Waals surface area contributed by atoms with Crippen molar-refractivity contribution in [3.8, 4) is 11.5 Å². The molecule has 0 bridgehead atoms. The molecule has 1 N–H and O–H groups in total. The van der Waals surface area contributed by atoms with Gasteiger partial charge in [0.05, 0.1) is 20.6 Å². The van der Waals surface area contributed by atoms with E-state index in [1.54, 1.807) is 4.72 Å². The number of ether oxygens (including phenoxy) is 1. The predicted molar refractivity (Wildman–Crippen MR) is 98.0 cm³/mol. The molecular weight excluding hydrogens is 430 g/mol. The molecule has 1 amide bonds. The molecule has 0 aliphatic carbocycles. The largest absolute Gasteiger partial charge is 0.456 e. The quantitative estimate of drug-likeness (QED) is 0.757. The fourth-order valence-corrected chi connectivity index (χ4v) is 2.73. The number of hydrogen-bond donors (Lipinski definition) is 1. The summed E-state index contributed by atoms with van der Waals surface area (Å²) in [6, 6.07) is 6.21. The second kappa shape index (κ2) is 7.98. The van der Waals surface area contributed by atoms with Crippen molar-refractivity contribution in [1.82, 2.24) is 9.03 Å². The van der Waals surface area contributed by atoms with E-state index in [9.17, 15) is 17.6 Å². The average Bonchev–Trinajstić information content (AvgIpc) is 2.53. The third-order valence-electron chi connectivity index (χ3n) is 3.09. The third-order valence-corrected chi connectivity index (χ3v) is 5.53. The summed E-state index contributed by atoms with van der Waals surface area (Å²) in [5, 5.41) is 0.431. The van der Waals surface area contributed by atoms with E-state index < -0.39 is 27.5 Å². The van der Waals surface area contributed by atoms with Crippen LogP contribution in [0.4, 0.5) is 4.39 Å². The van der Waals surface area contributed by atoms with Gasteiger partial charge in [-0.25, -0.2) is 9.11 Å². The third kappa shape index (κ3) is 4.77. The summed E-state index contributed by atoms with van der Waals surface area (Å²) in [6.07, 6.45) is 0. The van der Waals surface area contributed by atoms with E-state index in [-0.39, 0.29) is 21.5 Å². The van der Waals surface area contributed by atoms with Crippen LogP contribution in [-0.4, -0.2) is 32.7 Å². The predicted octanol–water partition coefficient (Wildman–Crippen LogP) is 4.11. The Kier molecular flexibility index (Phi) is 6.36. The molecule has 0 aromatic heterocycles. The molecule has 2 rings (SSSR count). The van der Waals surface area contributed by atoms with Gasteiger partial charge in [0.1, 0.15) is 17.3 Å². The average molecular weight is 442 g/mol. The van der Waals surface area contributed by atoms with Gasteiger partial charge in [-0.1, -0.05) is 34.8 Å². The number of amides is 1. The number of nitrogens with zero attached hydrogens (tertiary/aromatic N) is 1. The maximum absolute atomic E-state index is 14.2. The lowest BCUT2D eigenvalue weighted by molar-refractivity contribution is 0.0976. The number of hydrogen-bond acceptors (Lipinski definition) is 4. The summed E-state index contributed by atoms with van der Waals surface area (Å²) < 4.78 is 45.5. The van der Waals surface area contributed by atoms with Crippen molar-refractivity contribution in [3.05, 3.63) is 56.8 Å². The van der Waals surface area contributed by atoms with Gasteiger partial charge in [-0.2, -0.15) is 12.7 Å². The summed E-state index contributed by atoms with van der Waals surface area (Å²) in [6.45, 7) is 0. The fourth-order valence-electron chi connectivity index (χ4n) is 1.71. The molecule has 0 unspecified atom stereocenters. The van der Waals surface area contributed by atoms with E-state index >= 15 is 0 Å². The van der Waals surface area contributed by atoms with E-state index in [0.717, 1.165) is 16.4 Å². The maximum Gasteiger partial charge on any atom is 0.303 e. The van der Waals surface area contributed by atoms with Crippen LogP contribution in [0.1, 0.15) is 10.4 Å². The van der Waals surface area contributed by atoms with Crippen molar-refractivity contribution in [2.24, 2.45) is 0 Å². The Balaban J connectivity index is 2.30. The van der Waals surface area contributed by atoms with Crippen molar-refractivity contribution in [2.45, 2.75) is 0 Å². The first-order chi connectivity index (χ1) is 12.0. The lowest BCUT2D eigenvalue weighted by Gasteiger charge is -2.14. The highest BCUT2D eigenvalue weighted by Crippen LogP contribution is 2.34. The van der Waals surface area contributed by atoms with E-state index in [2.05, 4.69) is 0 Å². The molecule has 6 nitrogen and oxygen atoms in total. The molecule has 2 aromatic carbocycles. The van der Waals surface area contributed by atoms with E-state index in [0.29, 0.717) is 5.02 Å². The first-order valence-electron chi connectivity index (χ1n) is 6.88. The SMILES string of the molecule is CN(C)S(=O)(=O)NC(=O)c1cc(Cl)c(Oc2ccc(Cl)c(Cl)c2)cc1F. The van der Waals surface area contributed by atoms with Crippen molar-refractivity contribution < 1.29 is 22.3 Å². The Morgan fingerprint density at radius 2 is 1.73 bits per heavy atom. The molecule has 140 valence electrons. The lowest BCUT2D eigenvalue weighted by Crippen LogP contribution is -2.39. The molecule has 0 spiro atoms. The molecule has 0 aliphatic rings. The van der Waals surface area contributed by atoms with Crippen LogP contribution in [0.15, 0.2) is 30.3 Å². The Morgan fingerprint density at radius 3 is 2.31 bits per heavy atom. The number of benzene rings is 2. The molecule has 0 radical (unpaired) electrons. The normalized spacial score (nSPS) is 11.5. The Hall–Kier alpha value is -1.58. The maximum atomic E-state index is 14.2. The molecule has 0 heterocycles. The highest BCUT2D eigenvalue weighted by molar-refractivity contribution is 7.87. The minimum Gasteiger partial charge on any atom is -0.456 e. The molecular formula is C15H12Cl3FN2O4S. The van der Waals surface area contributed by atoms with Gasteiger partial charge in [0.15, 0.2) is 0 Å². The van der Waals surface area contributed by atoms with Crippen LogP contribution in [0.5, 0.6) is 11.5 Å². The number of nitrogens with one attached hydrogen (secondary N) is 1. The van der Waals surface area contributed by atoms with Gasteiger partial charge in [0.2, 0.25) is 0 Å². The molecule has 0 saturated heterocycles. The summed E-state index contributed by atoms with van der Waals surface area (Å²) in [5.41, 5.74) is -0.554. The summed E-state index contributed by atoms with van der Waals surface area (Å²) >= 11 is 17.7. The van der Waals surface area contributed by atoms with Crippen LogP contribution in [0.2, 0.25) is 15.1 Å². The van der Waals surface area contributed by atoms with Gasteiger partial charge in [-0.3, -0.25) is 4.79 Å². The topological polar surface area (TPSA) is 75.7 Å². The molecule has 0 aliphatic heterocycles. The van der Waals surface area contributed by atoms with Gasteiger partial charge in [0.25, 0.3) is 5.91 Å². The fraction of sp³-hybridized carbons (Fsp3) is 0.133. The minimum absolute atomic E-state index is 0.0884. The van der Waals surface area contributed by atoms with Crippen LogP contribution in [0.25, 0.3) is 0 Å². The van der Waals surface area contributed by atoms with E-state index in [1.165, 1.54) is 32.3 Å². The summed E-state index contributed by atoms with van der Waals surface area (Å²) in [7, 11) is -1.65.